The SMILES string of the molecule is COc1ccc(-c2ccc3n(c2=O)C[C@@H]2[C@@H](CO)[C@H](C(=O)O)[C@H]3N2C(=O)c2ccccc2F)cc1. The summed E-state index contributed by atoms with van der Waals surface area (Å²) in [6.07, 6.45) is 0. The molecular weight excluding hydrogens is 455 g/mol. The molecule has 3 aromatic rings. The van der Waals surface area contributed by atoms with Crippen LogP contribution in [0, 0.1) is 17.7 Å². The molecule has 2 bridgehead atoms. The Labute approximate surface area is 199 Å². The van der Waals surface area contributed by atoms with Crippen molar-refractivity contribution in [2.24, 2.45) is 11.8 Å². The number of aliphatic hydroxyl groups excluding tert-OH is 1. The third-order valence-electron chi connectivity index (χ3n) is 7.07. The zero-order valence-electron chi connectivity index (χ0n) is 18.8. The number of benzene rings is 2. The highest BCUT2D eigenvalue weighted by Crippen LogP contribution is 2.49. The van der Waals surface area contributed by atoms with E-state index >= 15 is 0 Å². The molecule has 0 unspecified atom stereocenters. The van der Waals surface area contributed by atoms with Crippen molar-refractivity contribution in [2.45, 2.75) is 18.6 Å². The summed E-state index contributed by atoms with van der Waals surface area (Å²) in [6, 6.07) is 13.9. The van der Waals surface area contributed by atoms with E-state index < -0.39 is 48.2 Å². The molecule has 2 aromatic carbocycles. The van der Waals surface area contributed by atoms with Gasteiger partial charge < -0.3 is 24.4 Å². The molecule has 180 valence electrons. The van der Waals surface area contributed by atoms with Gasteiger partial charge in [-0.3, -0.25) is 14.4 Å². The molecular formula is C26H23FN2O6. The van der Waals surface area contributed by atoms with Crippen LogP contribution in [0.3, 0.4) is 0 Å². The van der Waals surface area contributed by atoms with Crippen molar-refractivity contribution in [1.29, 1.82) is 0 Å². The van der Waals surface area contributed by atoms with Gasteiger partial charge in [-0.1, -0.05) is 24.3 Å². The minimum absolute atomic E-state index is 0.0101. The maximum absolute atomic E-state index is 14.5. The molecule has 1 fully saturated rings. The fourth-order valence-electron chi connectivity index (χ4n) is 5.43. The smallest absolute Gasteiger partial charge is 0.309 e. The molecule has 1 aromatic heterocycles. The first-order valence-corrected chi connectivity index (χ1v) is 11.2. The average molecular weight is 478 g/mol. The number of aliphatic carboxylic acids is 1. The van der Waals surface area contributed by atoms with Gasteiger partial charge in [0.2, 0.25) is 0 Å². The summed E-state index contributed by atoms with van der Waals surface area (Å²) in [6.45, 7) is -0.503. The summed E-state index contributed by atoms with van der Waals surface area (Å²) in [5, 5.41) is 20.2. The van der Waals surface area contributed by atoms with Crippen LogP contribution in [0.25, 0.3) is 11.1 Å². The molecule has 4 atom stereocenters. The Hall–Kier alpha value is -3.98. The zero-order valence-corrected chi connectivity index (χ0v) is 18.8. The van der Waals surface area contributed by atoms with E-state index in [1.165, 1.54) is 27.7 Å². The van der Waals surface area contributed by atoms with Crippen LogP contribution in [0.2, 0.25) is 0 Å². The predicted molar refractivity (Wildman–Crippen MR) is 123 cm³/mol. The fourth-order valence-corrected chi connectivity index (χ4v) is 5.43. The number of amides is 1. The molecule has 2 aliphatic heterocycles. The van der Waals surface area contributed by atoms with Crippen LogP contribution in [-0.2, 0) is 11.3 Å². The van der Waals surface area contributed by atoms with Crippen molar-refractivity contribution in [1.82, 2.24) is 9.47 Å². The summed E-state index contributed by atoms with van der Waals surface area (Å²) < 4.78 is 21.1. The second-order valence-electron chi connectivity index (χ2n) is 8.73. The minimum atomic E-state index is -1.19. The summed E-state index contributed by atoms with van der Waals surface area (Å²) >= 11 is 0. The number of hydrogen-bond donors (Lipinski definition) is 2. The fraction of sp³-hybridized carbons (Fsp3) is 0.269. The maximum atomic E-state index is 14.5. The number of pyridine rings is 1. The standard InChI is InChI=1S/C26H23FN2O6/c1-35-15-8-6-14(7-9-15)16-10-11-20-23-22(26(33)34)18(13-30)21(12-28(20)24(16)31)29(23)25(32)17-4-2-3-5-19(17)27/h2-11,18,21-23,30H,12-13H2,1H3,(H,33,34)/t18-,21-,22+,23+/m1/s1. The van der Waals surface area contributed by atoms with Gasteiger partial charge in [-0.15, -0.1) is 0 Å². The molecule has 0 radical (unpaired) electrons. The molecule has 9 heteroatoms. The van der Waals surface area contributed by atoms with Gasteiger partial charge in [-0.25, -0.2) is 4.39 Å². The largest absolute Gasteiger partial charge is 0.497 e. The maximum Gasteiger partial charge on any atom is 0.309 e. The Morgan fingerprint density at radius 2 is 1.80 bits per heavy atom. The molecule has 1 saturated heterocycles. The first-order valence-electron chi connectivity index (χ1n) is 11.2. The highest BCUT2D eigenvalue weighted by Gasteiger charge is 2.58. The number of halogens is 1. The molecule has 2 N–H and O–H groups in total. The van der Waals surface area contributed by atoms with Gasteiger partial charge in [0.1, 0.15) is 11.6 Å². The van der Waals surface area contributed by atoms with E-state index in [1.807, 2.05) is 0 Å². The lowest BCUT2D eigenvalue weighted by molar-refractivity contribution is -0.144. The van der Waals surface area contributed by atoms with E-state index in [9.17, 15) is 29.0 Å². The van der Waals surface area contributed by atoms with Gasteiger partial charge in [-0.2, -0.15) is 0 Å². The number of hydrogen-bond acceptors (Lipinski definition) is 5. The molecule has 8 nitrogen and oxygen atoms in total. The second kappa shape index (κ2) is 8.66. The number of nitrogens with zero attached hydrogens (tertiary/aromatic N) is 2. The quantitative estimate of drug-likeness (QED) is 0.584. The van der Waals surface area contributed by atoms with Gasteiger partial charge in [0.25, 0.3) is 11.5 Å². The number of fused-ring (bicyclic) bond motifs is 4. The first-order chi connectivity index (χ1) is 16.9. The van der Waals surface area contributed by atoms with Crippen LogP contribution in [0.4, 0.5) is 4.39 Å². The van der Waals surface area contributed by atoms with Crippen molar-refractivity contribution in [2.75, 3.05) is 13.7 Å². The van der Waals surface area contributed by atoms with Crippen LogP contribution in [0.1, 0.15) is 22.1 Å². The van der Waals surface area contributed by atoms with Crippen LogP contribution in [0.15, 0.2) is 65.5 Å². The van der Waals surface area contributed by atoms with E-state index in [1.54, 1.807) is 43.5 Å². The number of carbonyl (C=O) groups is 2. The van der Waals surface area contributed by atoms with Crippen molar-refractivity contribution >= 4 is 11.9 Å². The van der Waals surface area contributed by atoms with E-state index in [0.29, 0.717) is 22.6 Å². The van der Waals surface area contributed by atoms with Gasteiger partial charge in [0.15, 0.2) is 0 Å². The van der Waals surface area contributed by atoms with Crippen molar-refractivity contribution in [3.63, 3.8) is 0 Å². The highest BCUT2D eigenvalue weighted by molar-refractivity contribution is 5.96. The number of carboxylic acids is 1. The molecule has 1 amide bonds. The van der Waals surface area contributed by atoms with Crippen LogP contribution >= 0.6 is 0 Å². The monoisotopic (exact) mass is 478 g/mol. The lowest BCUT2D eigenvalue weighted by Gasteiger charge is -2.38. The Morgan fingerprint density at radius 3 is 2.43 bits per heavy atom. The summed E-state index contributed by atoms with van der Waals surface area (Å²) in [5.41, 5.74) is 0.907. The molecule has 5 rings (SSSR count). The Kier molecular flexibility index (Phi) is 5.64. The Bertz CT molecular complexity index is 1370. The van der Waals surface area contributed by atoms with Gasteiger partial charge in [0.05, 0.1) is 30.7 Å². The normalized spacial score (nSPS) is 22.5. The molecule has 3 heterocycles. The van der Waals surface area contributed by atoms with Crippen LogP contribution in [-0.4, -0.2) is 51.3 Å². The predicted octanol–water partition coefficient (Wildman–Crippen LogP) is 2.55. The molecule has 0 saturated carbocycles. The first kappa shape index (κ1) is 22.8. The third-order valence-corrected chi connectivity index (χ3v) is 7.07. The number of carboxylic acid groups (broad SMARTS) is 1. The average Bonchev–Trinajstić information content (AvgIpc) is 3.11. The molecule has 0 aliphatic carbocycles. The highest BCUT2D eigenvalue weighted by atomic mass is 19.1. The number of methoxy groups -OCH3 is 1. The van der Waals surface area contributed by atoms with E-state index in [0.717, 1.165) is 6.07 Å². The van der Waals surface area contributed by atoms with Crippen molar-refractivity contribution in [3.8, 4) is 16.9 Å². The number of aromatic nitrogens is 1. The third kappa shape index (κ3) is 3.50. The van der Waals surface area contributed by atoms with Crippen molar-refractivity contribution < 1.29 is 28.9 Å². The lowest BCUT2D eigenvalue weighted by Crippen LogP contribution is -2.49. The summed E-state index contributed by atoms with van der Waals surface area (Å²) in [4.78, 5) is 40.6. The van der Waals surface area contributed by atoms with Gasteiger partial charge in [-0.05, 0) is 42.0 Å². The molecule has 35 heavy (non-hydrogen) atoms. The van der Waals surface area contributed by atoms with E-state index in [2.05, 4.69) is 0 Å². The van der Waals surface area contributed by atoms with E-state index in [4.69, 9.17) is 4.74 Å². The Balaban J connectivity index is 1.65. The van der Waals surface area contributed by atoms with Crippen LogP contribution in [0.5, 0.6) is 5.75 Å². The number of carbonyl (C=O) groups excluding carboxylic acids is 1. The molecule has 2 aliphatic rings. The summed E-state index contributed by atoms with van der Waals surface area (Å²) in [7, 11) is 1.55. The Morgan fingerprint density at radius 1 is 1.09 bits per heavy atom. The zero-order chi connectivity index (χ0) is 24.9. The van der Waals surface area contributed by atoms with Crippen molar-refractivity contribution in [3.05, 3.63) is 88.1 Å². The number of aliphatic hydroxyl groups is 1. The van der Waals surface area contributed by atoms with Gasteiger partial charge >= 0.3 is 5.97 Å². The number of ether oxygens (including phenoxy) is 1. The van der Waals surface area contributed by atoms with Crippen LogP contribution < -0.4 is 10.3 Å². The van der Waals surface area contributed by atoms with Gasteiger partial charge in [0, 0.05) is 30.3 Å². The second-order valence-corrected chi connectivity index (χ2v) is 8.73. The lowest BCUT2D eigenvalue weighted by atomic mass is 9.87. The minimum Gasteiger partial charge on any atom is -0.497 e. The molecule has 0 spiro atoms. The summed E-state index contributed by atoms with van der Waals surface area (Å²) in [5.74, 6) is -3.91. The topological polar surface area (TPSA) is 109 Å². The van der Waals surface area contributed by atoms with E-state index in [-0.39, 0.29) is 17.7 Å². The number of rotatable bonds is 5.